The molecule has 1 aliphatic heterocycles. The van der Waals surface area contributed by atoms with Crippen molar-refractivity contribution in [1.29, 1.82) is 0 Å². The van der Waals surface area contributed by atoms with E-state index in [-0.39, 0.29) is 6.10 Å². The van der Waals surface area contributed by atoms with E-state index in [1.807, 2.05) is 0 Å². The van der Waals surface area contributed by atoms with Crippen LogP contribution in [0.1, 0.15) is 13.3 Å². The molecule has 2 N–H and O–H groups in total. The van der Waals surface area contributed by atoms with Crippen molar-refractivity contribution < 1.29 is 4.74 Å². The van der Waals surface area contributed by atoms with Gasteiger partial charge in [-0.1, -0.05) is 6.92 Å². The number of nitrogens with two attached hydrogens (primary N) is 1. The van der Waals surface area contributed by atoms with Crippen LogP contribution in [-0.2, 0) is 4.74 Å². The third-order valence-electron chi connectivity index (χ3n) is 3.14. The molecule has 2 unspecified atom stereocenters. The zero-order chi connectivity index (χ0) is 11.5. The van der Waals surface area contributed by atoms with Crippen LogP contribution >= 0.6 is 0 Å². The molecule has 1 aliphatic rings. The maximum absolute atomic E-state index is 5.65. The summed E-state index contributed by atoms with van der Waals surface area (Å²) in [7, 11) is 1.75. The molecule has 5 heteroatoms. The van der Waals surface area contributed by atoms with Gasteiger partial charge in [-0.25, -0.2) is 4.98 Å². The number of hydrogen-bond donors (Lipinski definition) is 1. The van der Waals surface area contributed by atoms with Gasteiger partial charge in [0.2, 0.25) is 5.95 Å². The minimum absolute atomic E-state index is 0.249. The van der Waals surface area contributed by atoms with Crippen molar-refractivity contribution in [2.24, 2.45) is 5.92 Å². The molecule has 2 atom stereocenters. The normalized spacial score (nSPS) is 25.8. The minimum Gasteiger partial charge on any atom is -0.384 e. The second kappa shape index (κ2) is 4.65. The third-order valence-corrected chi connectivity index (χ3v) is 3.14. The first kappa shape index (κ1) is 11.1. The van der Waals surface area contributed by atoms with E-state index in [4.69, 9.17) is 10.5 Å². The predicted molar refractivity (Wildman–Crippen MR) is 63.2 cm³/mol. The number of hydrogen-bond acceptors (Lipinski definition) is 5. The molecule has 88 valence electrons. The molecule has 0 radical (unpaired) electrons. The number of nitrogens with zero attached hydrogens (tertiary/aromatic N) is 3. The molecule has 1 saturated heterocycles. The molecule has 0 aliphatic carbocycles. The Morgan fingerprint density at radius 1 is 1.56 bits per heavy atom. The molecule has 0 amide bonds. The SMILES string of the molecule is COC1CN(c2nccc(N)n2)CCC1C. The van der Waals surface area contributed by atoms with Crippen LogP contribution in [0, 0.1) is 5.92 Å². The van der Waals surface area contributed by atoms with Crippen molar-refractivity contribution in [2.45, 2.75) is 19.4 Å². The fourth-order valence-corrected chi connectivity index (χ4v) is 2.04. The zero-order valence-electron chi connectivity index (χ0n) is 9.76. The van der Waals surface area contributed by atoms with Gasteiger partial charge in [-0.2, -0.15) is 4.98 Å². The second-order valence-electron chi connectivity index (χ2n) is 4.27. The van der Waals surface area contributed by atoms with Gasteiger partial charge in [0.1, 0.15) is 5.82 Å². The molecule has 0 bridgehead atoms. The number of ether oxygens (including phenoxy) is 1. The Morgan fingerprint density at radius 2 is 2.38 bits per heavy atom. The Balaban J connectivity index is 2.11. The van der Waals surface area contributed by atoms with Crippen LogP contribution in [0.15, 0.2) is 12.3 Å². The number of piperidine rings is 1. The Bertz CT molecular complexity index is 358. The van der Waals surface area contributed by atoms with E-state index in [1.165, 1.54) is 0 Å². The highest BCUT2D eigenvalue weighted by molar-refractivity contribution is 5.38. The smallest absolute Gasteiger partial charge is 0.227 e. The van der Waals surface area contributed by atoms with Crippen molar-refractivity contribution in [3.63, 3.8) is 0 Å². The third kappa shape index (κ3) is 2.24. The summed E-state index contributed by atoms with van der Waals surface area (Å²) in [5, 5.41) is 0. The van der Waals surface area contributed by atoms with Gasteiger partial charge in [-0.05, 0) is 18.4 Å². The van der Waals surface area contributed by atoms with Crippen LogP contribution in [-0.4, -0.2) is 36.3 Å². The van der Waals surface area contributed by atoms with Gasteiger partial charge in [0.05, 0.1) is 6.10 Å². The molecule has 2 heterocycles. The number of anilines is 2. The Labute approximate surface area is 95.6 Å². The summed E-state index contributed by atoms with van der Waals surface area (Å²) in [4.78, 5) is 10.6. The molecule has 0 aromatic carbocycles. The first-order valence-corrected chi connectivity index (χ1v) is 5.57. The van der Waals surface area contributed by atoms with Gasteiger partial charge < -0.3 is 15.4 Å². The van der Waals surface area contributed by atoms with E-state index in [0.717, 1.165) is 19.5 Å². The predicted octanol–water partition coefficient (Wildman–Crippen LogP) is 0.920. The molecular formula is C11H18N4O. The largest absolute Gasteiger partial charge is 0.384 e. The second-order valence-corrected chi connectivity index (χ2v) is 4.27. The van der Waals surface area contributed by atoms with E-state index in [2.05, 4.69) is 21.8 Å². The van der Waals surface area contributed by atoms with Crippen molar-refractivity contribution in [3.05, 3.63) is 12.3 Å². The lowest BCUT2D eigenvalue weighted by Gasteiger charge is -2.36. The molecular weight excluding hydrogens is 204 g/mol. The van der Waals surface area contributed by atoms with Crippen LogP contribution < -0.4 is 10.6 Å². The summed E-state index contributed by atoms with van der Waals surface area (Å²) in [5.41, 5.74) is 5.65. The monoisotopic (exact) mass is 222 g/mol. The van der Waals surface area contributed by atoms with Crippen LogP contribution in [0.3, 0.4) is 0 Å². The maximum Gasteiger partial charge on any atom is 0.227 e. The van der Waals surface area contributed by atoms with Crippen molar-refractivity contribution >= 4 is 11.8 Å². The van der Waals surface area contributed by atoms with E-state index in [1.54, 1.807) is 19.4 Å². The van der Waals surface area contributed by atoms with Gasteiger partial charge in [-0.3, -0.25) is 0 Å². The van der Waals surface area contributed by atoms with Gasteiger partial charge in [0.25, 0.3) is 0 Å². The summed E-state index contributed by atoms with van der Waals surface area (Å²) in [6.45, 7) is 4.01. The number of methoxy groups -OCH3 is 1. The van der Waals surface area contributed by atoms with Crippen molar-refractivity contribution in [2.75, 3.05) is 30.8 Å². The van der Waals surface area contributed by atoms with Crippen LogP contribution in [0.4, 0.5) is 11.8 Å². The average Bonchev–Trinajstić information content (AvgIpc) is 2.29. The maximum atomic E-state index is 5.65. The van der Waals surface area contributed by atoms with E-state index >= 15 is 0 Å². The van der Waals surface area contributed by atoms with Crippen molar-refractivity contribution in [3.8, 4) is 0 Å². The Morgan fingerprint density at radius 3 is 3.06 bits per heavy atom. The molecule has 0 saturated carbocycles. The molecule has 1 aromatic rings. The molecule has 1 aromatic heterocycles. The number of rotatable bonds is 2. The summed E-state index contributed by atoms with van der Waals surface area (Å²) >= 11 is 0. The minimum atomic E-state index is 0.249. The van der Waals surface area contributed by atoms with Gasteiger partial charge >= 0.3 is 0 Å². The summed E-state index contributed by atoms with van der Waals surface area (Å²) < 4.78 is 5.46. The van der Waals surface area contributed by atoms with Gasteiger partial charge in [0.15, 0.2) is 0 Å². The highest BCUT2D eigenvalue weighted by atomic mass is 16.5. The average molecular weight is 222 g/mol. The highest BCUT2D eigenvalue weighted by Crippen LogP contribution is 2.22. The first-order valence-electron chi connectivity index (χ1n) is 5.57. The lowest BCUT2D eigenvalue weighted by Crippen LogP contribution is -2.44. The van der Waals surface area contributed by atoms with Gasteiger partial charge in [-0.15, -0.1) is 0 Å². The van der Waals surface area contributed by atoms with E-state index in [9.17, 15) is 0 Å². The topological polar surface area (TPSA) is 64.3 Å². The lowest BCUT2D eigenvalue weighted by molar-refractivity contribution is 0.0494. The highest BCUT2D eigenvalue weighted by Gasteiger charge is 2.27. The molecule has 1 fully saturated rings. The molecule has 16 heavy (non-hydrogen) atoms. The van der Waals surface area contributed by atoms with Gasteiger partial charge in [0, 0.05) is 26.4 Å². The summed E-state index contributed by atoms with van der Waals surface area (Å²) in [6.07, 6.45) is 3.03. The molecule has 5 nitrogen and oxygen atoms in total. The number of nitrogen functional groups attached to an aromatic ring is 1. The van der Waals surface area contributed by atoms with Crippen LogP contribution in [0.5, 0.6) is 0 Å². The lowest BCUT2D eigenvalue weighted by atomic mass is 9.96. The van der Waals surface area contributed by atoms with Crippen LogP contribution in [0.25, 0.3) is 0 Å². The fraction of sp³-hybridized carbons (Fsp3) is 0.636. The first-order chi connectivity index (χ1) is 7.70. The molecule has 0 spiro atoms. The summed E-state index contributed by atoms with van der Waals surface area (Å²) in [6, 6.07) is 1.70. The zero-order valence-corrected chi connectivity index (χ0v) is 9.76. The van der Waals surface area contributed by atoms with E-state index in [0.29, 0.717) is 17.7 Å². The Kier molecular flexibility index (Phi) is 3.24. The summed E-state index contributed by atoms with van der Waals surface area (Å²) in [5.74, 6) is 1.80. The van der Waals surface area contributed by atoms with Crippen LogP contribution in [0.2, 0.25) is 0 Å². The Hall–Kier alpha value is -1.36. The quantitative estimate of drug-likeness (QED) is 0.806. The molecule has 2 rings (SSSR count). The fourth-order valence-electron chi connectivity index (χ4n) is 2.04. The van der Waals surface area contributed by atoms with E-state index < -0.39 is 0 Å². The van der Waals surface area contributed by atoms with Crippen molar-refractivity contribution in [1.82, 2.24) is 9.97 Å². The number of aromatic nitrogens is 2. The standard InChI is InChI=1S/C11H18N4O/c1-8-4-6-15(7-9(8)16-2)11-13-5-3-10(12)14-11/h3,5,8-9H,4,6-7H2,1-2H3,(H2,12,13,14).